The normalized spacial score (nSPS) is 10.8. The maximum absolute atomic E-state index is 12.3. The summed E-state index contributed by atoms with van der Waals surface area (Å²) in [6, 6.07) is 5.13. The Morgan fingerprint density at radius 3 is 2.84 bits per heavy atom. The highest BCUT2D eigenvalue weighted by atomic mass is 16.5. The molecule has 0 aliphatic carbocycles. The Morgan fingerprint density at radius 1 is 1.37 bits per heavy atom. The number of methoxy groups -OCH3 is 1. The van der Waals surface area contributed by atoms with Crippen molar-refractivity contribution < 1.29 is 4.74 Å². The van der Waals surface area contributed by atoms with Crippen LogP contribution in [0.25, 0.3) is 10.9 Å². The number of fused-ring (bicyclic) bond motifs is 1. The van der Waals surface area contributed by atoms with E-state index in [1.807, 2.05) is 7.05 Å². The van der Waals surface area contributed by atoms with Crippen molar-refractivity contribution in [2.75, 3.05) is 20.7 Å². The number of H-pyrrole nitrogens is 1. The van der Waals surface area contributed by atoms with Crippen molar-refractivity contribution in [1.82, 2.24) is 14.9 Å². The number of hydrogen-bond acceptors (Lipinski definition) is 4. The molecule has 0 unspecified atom stereocenters. The van der Waals surface area contributed by atoms with Gasteiger partial charge < -0.3 is 15.0 Å². The van der Waals surface area contributed by atoms with Crippen molar-refractivity contribution in [3.8, 4) is 5.75 Å². The van der Waals surface area contributed by atoms with Crippen LogP contribution in [0.5, 0.6) is 5.75 Å². The number of nitrogens with zero attached hydrogens (tertiary/aromatic N) is 1. The van der Waals surface area contributed by atoms with Gasteiger partial charge in [-0.3, -0.25) is 9.36 Å². The molecule has 2 aromatic rings. The van der Waals surface area contributed by atoms with Crippen LogP contribution in [0.15, 0.2) is 27.8 Å². The summed E-state index contributed by atoms with van der Waals surface area (Å²) in [7, 11) is 3.34. The zero-order chi connectivity index (χ0) is 13.8. The third kappa shape index (κ3) is 2.53. The van der Waals surface area contributed by atoms with Gasteiger partial charge in [-0.15, -0.1) is 0 Å². The van der Waals surface area contributed by atoms with E-state index in [0.717, 1.165) is 13.0 Å². The smallest absolute Gasteiger partial charge is 0.328 e. The fourth-order valence-electron chi connectivity index (χ4n) is 2.04. The van der Waals surface area contributed by atoms with Crippen LogP contribution in [0.2, 0.25) is 0 Å². The molecule has 0 atom stereocenters. The van der Waals surface area contributed by atoms with Crippen molar-refractivity contribution in [1.29, 1.82) is 0 Å². The monoisotopic (exact) mass is 263 g/mol. The molecule has 6 nitrogen and oxygen atoms in total. The molecule has 19 heavy (non-hydrogen) atoms. The predicted molar refractivity (Wildman–Crippen MR) is 73.9 cm³/mol. The van der Waals surface area contributed by atoms with Crippen LogP contribution in [-0.4, -0.2) is 30.3 Å². The zero-order valence-corrected chi connectivity index (χ0v) is 11.0. The molecule has 1 aromatic carbocycles. The van der Waals surface area contributed by atoms with Crippen LogP contribution >= 0.6 is 0 Å². The predicted octanol–water partition coefficient (Wildman–Crippen LogP) is 0.308. The van der Waals surface area contributed by atoms with E-state index < -0.39 is 5.69 Å². The van der Waals surface area contributed by atoms with Gasteiger partial charge in [0, 0.05) is 6.54 Å². The van der Waals surface area contributed by atoms with E-state index in [1.165, 1.54) is 11.7 Å². The Hall–Kier alpha value is -2.08. The Bertz CT molecular complexity index is 688. The maximum atomic E-state index is 12.3. The number of para-hydroxylation sites is 1. The number of ether oxygens (including phenoxy) is 1. The minimum absolute atomic E-state index is 0.284. The quantitative estimate of drug-likeness (QED) is 0.761. The minimum Gasteiger partial charge on any atom is -0.495 e. The van der Waals surface area contributed by atoms with Gasteiger partial charge in [0.05, 0.1) is 18.0 Å². The molecule has 6 heteroatoms. The van der Waals surface area contributed by atoms with Gasteiger partial charge in [0.15, 0.2) is 0 Å². The van der Waals surface area contributed by atoms with E-state index in [2.05, 4.69) is 10.3 Å². The average Bonchev–Trinajstić information content (AvgIpc) is 2.42. The van der Waals surface area contributed by atoms with Crippen LogP contribution < -0.4 is 21.3 Å². The number of benzene rings is 1. The number of rotatable bonds is 5. The molecule has 1 heterocycles. The van der Waals surface area contributed by atoms with Gasteiger partial charge in [0.1, 0.15) is 5.75 Å². The molecule has 0 bridgehead atoms. The second-order valence-electron chi connectivity index (χ2n) is 4.23. The first-order valence-corrected chi connectivity index (χ1v) is 6.13. The van der Waals surface area contributed by atoms with Crippen LogP contribution in [0.4, 0.5) is 0 Å². The molecule has 0 aliphatic rings. The van der Waals surface area contributed by atoms with E-state index in [9.17, 15) is 9.59 Å². The third-order valence-corrected chi connectivity index (χ3v) is 3.01. The largest absolute Gasteiger partial charge is 0.495 e. The van der Waals surface area contributed by atoms with Crippen LogP contribution in [0.1, 0.15) is 6.42 Å². The summed E-state index contributed by atoms with van der Waals surface area (Å²) in [6.07, 6.45) is 0.717. The summed E-state index contributed by atoms with van der Waals surface area (Å²) in [5, 5.41) is 3.45. The molecule has 0 radical (unpaired) electrons. The lowest BCUT2D eigenvalue weighted by atomic mass is 10.2. The highest BCUT2D eigenvalue weighted by Crippen LogP contribution is 2.19. The van der Waals surface area contributed by atoms with Crippen LogP contribution in [0, 0.1) is 0 Å². The first kappa shape index (κ1) is 13.4. The average molecular weight is 263 g/mol. The van der Waals surface area contributed by atoms with Gasteiger partial charge in [-0.1, -0.05) is 6.07 Å². The van der Waals surface area contributed by atoms with E-state index >= 15 is 0 Å². The van der Waals surface area contributed by atoms with Gasteiger partial charge in [0.2, 0.25) is 0 Å². The minimum atomic E-state index is -0.405. The molecular formula is C13H17N3O3. The lowest BCUT2D eigenvalue weighted by Gasteiger charge is -2.08. The summed E-state index contributed by atoms with van der Waals surface area (Å²) in [5.74, 6) is 0.495. The Balaban J connectivity index is 2.57. The highest BCUT2D eigenvalue weighted by Gasteiger charge is 2.10. The molecule has 0 saturated heterocycles. The number of hydrogen-bond donors (Lipinski definition) is 2. The number of nitrogens with one attached hydrogen (secondary N) is 2. The second-order valence-corrected chi connectivity index (χ2v) is 4.23. The van der Waals surface area contributed by atoms with Crippen molar-refractivity contribution >= 4 is 10.9 Å². The molecule has 0 fully saturated rings. The molecule has 0 aliphatic heterocycles. The summed E-state index contributed by atoms with van der Waals surface area (Å²) in [4.78, 5) is 26.9. The van der Waals surface area contributed by atoms with Crippen molar-refractivity contribution in [2.45, 2.75) is 13.0 Å². The second kappa shape index (κ2) is 5.71. The highest BCUT2D eigenvalue weighted by molar-refractivity contribution is 5.83. The summed E-state index contributed by atoms with van der Waals surface area (Å²) in [5.41, 5.74) is -0.239. The molecular weight excluding hydrogens is 246 g/mol. The fourth-order valence-corrected chi connectivity index (χ4v) is 2.04. The van der Waals surface area contributed by atoms with E-state index in [4.69, 9.17) is 4.74 Å². The van der Waals surface area contributed by atoms with Crippen molar-refractivity contribution in [3.05, 3.63) is 39.0 Å². The molecule has 102 valence electrons. The molecule has 0 amide bonds. The zero-order valence-electron chi connectivity index (χ0n) is 11.0. The fraction of sp³-hybridized carbons (Fsp3) is 0.385. The Morgan fingerprint density at radius 2 is 2.16 bits per heavy atom. The summed E-state index contributed by atoms with van der Waals surface area (Å²) < 4.78 is 6.37. The van der Waals surface area contributed by atoms with E-state index in [-0.39, 0.29) is 5.56 Å². The van der Waals surface area contributed by atoms with Crippen molar-refractivity contribution in [3.63, 3.8) is 0 Å². The van der Waals surface area contributed by atoms with Crippen molar-refractivity contribution in [2.24, 2.45) is 0 Å². The number of aromatic nitrogens is 2. The van der Waals surface area contributed by atoms with Crippen LogP contribution in [0.3, 0.4) is 0 Å². The van der Waals surface area contributed by atoms with Gasteiger partial charge in [-0.05, 0) is 32.1 Å². The SMILES string of the molecule is CNCCCn1c(=O)[nH]c2c(OC)cccc2c1=O. The maximum Gasteiger partial charge on any atom is 0.328 e. The lowest BCUT2D eigenvalue weighted by Crippen LogP contribution is -2.35. The summed E-state index contributed by atoms with van der Waals surface area (Å²) in [6.45, 7) is 1.14. The molecule has 2 N–H and O–H groups in total. The van der Waals surface area contributed by atoms with Gasteiger partial charge in [-0.25, -0.2) is 4.79 Å². The standard InChI is InChI=1S/C13H17N3O3/c1-14-7-4-8-16-12(17)9-5-3-6-10(19-2)11(9)15-13(16)18/h3,5-6,14H,4,7-8H2,1-2H3,(H,15,18). The first-order valence-electron chi connectivity index (χ1n) is 6.13. The summed E-state index contributed by atoms with van der Waals surface area (Å²) >= 11 is 0. The molecule has 2 rings (SSSR count). The molecule has 0 saturated carbocycles. The van der Waals surface area contributed by atoms with Crippen LogP contribution in [-0.2, 0) is 6.54 Å². The molecule has 1 aromatic heterocycles. The van der Waals surface area contributed by atoms with Gasteiger partial charge >= 0.3 is 5.69 Å². The third-order valence-electron chi connectivity index (χ3n) is 3.01. The van der Waals surface area contributed by atoms with Gasteiger partial charge in [-0.2, -0.15) is 0 Å². The Labute approximate surface area is 110 Å². The first-order chi connectivity index (χ1) is 9.19. The molecule has 0 spiro atoms. The number of aromatic amines is 1. The van der Waals surface area contributed by atoms with E-state index in [1.54, 1.807) is 18.2 Å². The topological polar surface area (TPSA) is 76.1 Å². The lowest BCUT2D eigenvalue weighted by molar-refractivity contribution is 0.418. The van der Waals surface area contributed by atoms with Gasteiger partial charge in [0.25, 0.3) is 5.56 Å². The van der Waals surface area contributed by atoms with E-state index in [0.29, 0.717) is 23.2 Å². The Kier molecular flexibility index (Phi) is 4.01.